The standard InChI is InChI=1S/C21H22BrN3O2S.C20H21Cl2N3O2S2/c1-24-10-12-25(13-11-24)18-7-9-20(22)21(15-18)23-28(26,27)19-8-6-16-4-2-3-5-17(16)14-19;1-13-16-11-14(21)3-6-19(16)28-20(13)29(26,27)23-15-4-5-17(22)18(12-15)25-9-7-24(2)8-10-25/h2-9,14-15,23H,10-13H2,1H3;3-6,11-12,23H,7-10H2,1-2H3. The van der Waals surface area contributed by atoms with E-state index in [1.165, 1.54) is 11.3 Å². The number of anilines is 4. The van der Waals surface area contributed by atoms with Crippen LogP contribution in [0.25, 0.3) is 20.9 Å². The Morgan fingerprint density at radius 1 is 0.667 bits per heavy atom. The molecule has 2 N–H and O–H groups in total. The summed E-state index contributed by atoms with van der Waals surface area (Å²) in [6.07, 6.45) is 0. The van der Waals surface area contributed by atoms with Crippen LogP contribution in [0.3, 0.4) is 0 Å². The molecule has 300 valence electrons. The molecule has 0 atom stereocenters. The minimum absolute atomic E-state index is 0.253. The number of aryl methyl sites for hydroxylation is 1. The molecule has 2 aliphatic rings. The molecule has 6 aromatic rings. The Labute approximate surface area is 357 Å². The third kappa shape index (κ3) is 9.66. The van der Waals surface area contributed by atoms with E-state index in [1.54, 1.807) is 43.3 Å². The normalized spacial score (nSPS) is 15.8. The lowest BCUT2D eigenvalue weighted by Crippen LogP contribution is -2.44. The van der Waals surface area contributed by atoms with Crippen molar-refractivity contribution >= 4 is 114 Å². The number of nitrogens with zero attached hydrogens (tertiary/aromatic N) is 4. The summed E-state index contributed by atoms with van der Waals surface area (Å²) in [5.74, 6) is 0. The van der Waals surface area contributed by atoms with Gasteiger partial charge in [-0.1, -0.05) is 53.5 Å². The van der Waals surface area contributed by atoms with Gasteiger partial charge in [-0.2, -0.15) is 0 Å². The van der Waals surface area contributed by atoms with Gasteiger partial charge in [0.1, 0.15) is 4.21 Å². The lowest BCUT2D eigenvalue weighted by atomic mass is 10.1. The fourth-order valence-electron chi connectivity index (χ4n) is 6.89. The van der Waals surface area contributed by atoms with Gasteiger partial charge in [-0.05, 0) is 125 Å². The highest BCUT2D eigenvalue weighted by Gasteiger charge is 2.24. The summed E-state index contributed by atoms with van der Waals surface area (Å²) in [6, 6.07) is 29.4. The first kappa shape index (κ1) is 41.6. The lowest BCUT2D eigenvalue weighted by Gasteiger charge is -2.34. The highest BCUT2D eigenvalue weighted by Crippen LogP contribution is 2.38. The first-order valence-electron chi connectivity index (χ1n) is 18.4. The highest BCUT2D eigenvalue weighted by atomic mass is 79.9. The van der Waals surface area contributed by atoms with Crippen LogP contribution in [0.2, 0.25) is 10.0 Å². The predicted octanol–water partition coefficient (Wildman–Crippen LogP) is 9.22. The number of likely N-dealkylation sites (N-methyl/N-ethyl adjacent to an activating group) is 2. The van der Waals surface area contributed by atoms with E-state index in [9.17, 15) is 16.8 Å². The van der Waals surface area contributed by atoms with Crippen molar-refractivity contribution in [3.63, 3.8) is 0 Å². The summed E-state index contributed by atoms with van der Waals surface area (Å²) in [6.45, 7) is 9.23. The maximum absolute atomic E-state index is 13.1. The second kappa shape index (κ2) is 17.3. The molecule has 0 saturated carbocycles. The van der Waals surface area contributed by atoms with Crippen molar-refractivity contribution in [2.75, 3.05) is 85.7 Å². The average molecular weight is 931 g/mol. The van der Waals surface area contributed by atoms with Crippen molar-refractivity contribution in [2.45, 2.75) is 16.0 Å². The van der Waals surface area contributed by atoms with Crippen molar-refractivity contribution in [1.29, 1.82) is 0 Å². The fraction of sp³-hybridized carbons (Fsp3) is 0.268. The Bertz CT molecular complexity index is 2650. The third-order valence-electron chi connectivity index (χ3n) is 10.2. The zero-order chi connectivity index (χ0) is 40.5. The Hall–Kier alpha value is -3.60. The second-order valence-corrected chi connectivity index (χ2v) is 20.6. The number of hydrogen-bond acceptors (Lipinski definition) is 9. The Morgan fingerprint density at radius 3 is 2.04 bits per heavy atom. The van der Waals surface area contributed by atoms with Crippen LogP contribution in [0, 0.1) is 6.92 Å². The molecule has 1 aromatic heterocycles. The number of fused-ring (bicyclic) bond motifs is 2. The van der Waals surface area contributed by atoms with Gasteiger partial charge in [-0.3, -0.25) is 9.44 Å². The molecule has 0 bridgehead atoms. The molecule has 0 radical (unpaired) electrons. The predicted molar refractivity (Wildman–Crippen MR) is 242 cm³/mol. The number of sulfonamides is 2. The van der Waals surface area contributed by atoms with Crippen LogP contribution in [-0.4, -0.2) is 93.1 Å². The van der Waals surface area contributed by atoms with Crippen molar-refractivity contribution in [3.8, 4) is 0 Å². The van der Waals surface area contributed by atoms with Gasteiger partial charge in [0.2, 0.25) is 0 Å². The van der Waals surface area contributed by atoms with Crippen LogP contribution in [-0.2, 0) is 20.0 Å². The van der Waals surface area contributed by atoms with Crippen LogP contribution in [0.4, 0.5) is 22.7 Å². The number of thiophene rings is 1. The molecule has 2 aliphatic heterocycles. The smallest absolute Gasteiger partial charge is 0.271 e. The summed E-state index contributed by atoms with van der Waals surface area (Å²) in [7, 11) is -3.22. The van der Waals surface area contributed by atoms with Gasteiger partial charge in [0.05, 0.1) is 27.0 Å². The van der Waals surface area contributed by atoms with Gasteiger partial charge < -0.3 is 19.6 Å². The SMILES string of the molecule is CN1CCN(c2ccc(Br)c(NS(=O)(=O)c3ccc4ccccc4c3)c2)CC1.Cc1c(S(=O)(=O)Nc2ccc(Cl)c(N3CCN(C)CC3)c2)sc2ccc(Cl)cc12. The molecule has 5 aromatic carbocycles. The summed E-state index contributed by atoms with van der Waals surface area (Å²) in [5, 5.41) is 3.97. The molecule has 16 heteroatoms. The van der Waals surface area contributed by atoms with E-state index in [2.05, 4.69) is 59.1 Å². The maximum atomic E-state index is 13.1. The average Bonchev–Trinajstić information content (AvgIpc) is 3.53. The van der Waals surface area contributed by atoms with E-state index in [0.29, 0.717) is 31.2 Å². The fourth-order valence-corrected chi connectivity index (χ4v) is 11.7. The van der Waals surface area contributed by atoms with Crippen molar-refractivity contribution in [1.82, 2.24) is 9.80 Å². The molecule has 3 heterocycles. The monoisotopic (exact) mass is 928 g/mol. The summed E-state index contributed by atoms with van der Waals surface area (Å²) < 4.78 is 59.5. The molecule has 0 aliphatic carbocycles. The van der Waals surface area contributed by atoms with Gasteiger partial charge in [0, 0.05) is 72.2 Å². The van der Waals surface area contributed by atoms with Gasteiger partial charge in [-0.15, -0.1) is 11.3 Å². The van der Waals surface area contributed by atoms with Gasteiger partial charge in [0.15, 0.2) is 0 Å². The number of hydrogen-bond donors (Lipinski definition) is 2. The summed E-state index contributed by atoms with van der Waals surface area (Å²) in [5.41, 5.74) is 3.61. The summed E-state index contributed by atoms with van der Waals surface area (Å²) in [4.78, 5) is 9.27. The van der Waals surface area contributed by atoms with Crippen LogP contribution in [0.15, 0.2) is 111 Å². The van der Waals surface area contributed by atoms with E-state index in [0.717, 1.165) is 89.1 Å². The second-order valence-electron chi connectivity index (χ2n) is 14.3. The minimum Gasteiger partial charge on any atom is -0.369 e. The summed E-state index contributed by atoms with van der Waals surface area (Å²) >= 11 is 17.2. The van der Waals surface area contributed by atoms with E-state index < -0.39 is 20.0 Å². The minimum atomic E-state index is -3.73. The molecule has 57 heavy (non-hydrogen) atoms. The molecule has 0 spiro atoms. The molecular formula is C41H43BrCl2N6O4S3. The van der Waals surface area contributed by atoms with E-state index in [-0.39, 0.29) is 4.90 Å². The molecule has 0 unspecified atom stereocenters. The van der Waals surface area contributed by atoms with Crippen molar-refractivity contribution < 1.29 is 16.8 Å². The highest BCUT2D eigenvalue weighted by molar-refractivity contribution is 9.10. The molecular weight excluding hydrogens is 887 g/mol. The number of nitrogens with one attached hydrogen (secondary N) is 2. The first-order chi connectivity index (χ1) is 27.2. The molecule has 10 nitrogen and oxygen atoms in total. The topological polar surface area (TPSA) is 105 Å². The Balaban J connectivity index is 0.000000174. The third-order valence-corrected chi connectivity index (χ3v) is 16.1. The van der Waals surface area contributed by atoms with Crippen LogP contribution >= 0.6 is 50.5 Å². The van der Waals surface area contributed by atoms with Crippen molar-refractivity contribution in [2.24, 2.45) is 0 Å². The van der Waals surface area contributed by atoms with Crippen molar-refractivity contribution in [3.05, 3.63) is 117 Å². The molecule has 0 amide bonds. The van der Waals surface area contributed by atoms with E-state index in [1.807, 2.05) is 60.7 Å². The largest absolute Gasteiger partial charge is 0.369 e. The van der Waals surface area contributed by atoms with Gasteiger partial charge in [-0.25, -0.2) is 16.8 Å². The van der Waals surface area contributed by atoms with E-state index in [4.69, 9.17) is 23.2 Å². The molecule has 8 rings (SSSR count). The zero-order valence-electron chi connectivity index (χ0n) is 31.7. The number of halogens is 3. The lowest BCUT2D eigenvalue weighted by molar-refractivity contribution is 0.313. The number of rotatable bonds is 8. The maximum Gasteiger partial charge on any atom is 0.271 e. The van der Waals surface area contributed by atoms with Crippen LogP contribution in [0.1, 0.15) is 5.56 Å². The van der Waals surface area contributed by atoms with E-state index >= 15 is 0 Å². The molecule has 2 fully saturated rings. The van der Waals surface area contributed by atoms with Gasteiger partial charge >= 0.3 is 0 Å². The quantitative estimate of drug-likeness (QED) is 0.156. The first-order valence-corrected chi connectivity index (χ1v) is 23.7. The zero-order valence-corrected chi connectivity index (χ0v) is 37.2. The Kier molecular flexibility index (Phi) is 12.6. The van der Waals surface area contributed by atoms with Crippen LogP contribution < -0.4 is 19.2 Å². The van der Waals surface area contributed by atoms with Crippen LogP contribution in [0.5, 0.6) is 0 Å². The number of benzene rings is 5. The Morgan fingerprint density at radius 2 is 1.33 bits per heavy atom. The van der Waals surface area contributed by atoms with Gasteiger partial charge in [0.25, 0.3) is 20.0 Å². The molecule has 2 saturated heterocycles. The number of piperazine rings is 2.